The van der Waals surface area contributed by atoms with Crippen molar-refractivity contribution in [1.29, 1.82) is 0 Å². The molecule has 0 bridgehead atoms. The van der Waals surface area contributed by atoms with E-state index >= 15 is 0 Å². The second-order valence-corrected chi connectivity index (χ2v) is 6.38. The van der Waals surface area contributed by atoms with Crippen molar-refractivity contribution in [2.24, 2.45) is 0 Å². The van der Waals surface area contributed by atoms with Gasteiger partial charge in [0.1, 0.15) is 0 Å². The molecule has 0 aliphatic heterocycles. The fourth-order valence-electron chi connectivity index (χ4n) is 1.97. The van der Waals surface area contributed by atoms with Gasteiger partial charge in [0.2, 0.25) is 0 Å². The molecule has 0 spiro atoms. The molecule has 0 atom stereocenters. The lowest BCUT2D eigenvalue weighted by Crippen LogP contribution is -2.24. The monoisotopic (exact) mass is 320 g/mol. The zero-order chi connectivity index (χ0) is 14.6. The Kier molecular flexibility index (Phi) is 5.17. The Morgan fingerprint density at radius 3 is 2.65 bits per heavy atom. The normalized spacial score (nSPS) is 12.2. The Morgan fingerprint density at radius 2 is 2.05 bits per heavy atom. The summed E-state index contributed by atoms with van der Waals surface area (Å²) >= 11 is 2.70. The van der Waals surface area contributed by atoms with Gasteiger partial charge in [0, 0.05) is 18.0 Å². The third-order valence-electron chi connectivity index (χ3n) is 2.78. The largest absolute Gasteiger partial charge is 0.434 e. The second kappa shape index (κ2) is 6.69. The zero-order valence-electron chi connectivity index (χ0n) is 11.0. The van der Waals surface area contributed by atoms with E-state index in [1.165, 1.54) is 5.51 Å². The molecule has 2 aromatic rings. The van der Waals surface area contributed by atoms with E-state index in [4.69, 9.17) is 0 Å². The predicted octanol–water partition coefficient (Wildman–Crippen LogP) is 4.64. The van der Waals surface area contributed by atoms with Crippen molar-refractivity contribution in [1.82, 2.24) is 9.88 Å². The lowest BCUT2D eigenvalue weighted by atomic mass is 10.3. The van der Waals surface area contributed by atoms with E-state index in [2.05, 4.69) is 4.98 Å². The summed E-state index contributed by atoms with van der Waals surface area (Å²) in [4.78, 5) is 6.96. The van der Waals surface area contributed by atoms with E-state index in [1.54, 1.807) is 11.3 Å². The number of nitrogens with zero attached hydrogens (tertiary/aromatic N) is 2. The topological polar surface area (TPSA) is 16.1 Å². The highest BCUT2D eigenvalue weighted by molar-refractivity contribution is 7.10. The molecular formula is C13H15F3N2S2. The molecule has 0 radical (unpaired) electrons. The Labute approximate surface area is 123 Å². The molecular weight excluding hydrogens is 305 g/mol. The number of halogens is 3. The highest BCUT2D eigenvalue weighted by atomic mass is 32.1. The maximum absolute atomic E-state index is 12.8. The maximum atomic E-state index is 12.8. The molecule has 0 amide bonds. The Balaban J connectivity index is 2.10. The molecule has 110 valence electrons. The van der Waals surface area contributed by atoms with E-state index in [1.807, 2.05) is 29.3 Å². The molecule has 20 heavy (non-hydrogen) atoms. The second-order valence-electron chi connectivity index (χ2n) is 4.41. The molecule has 2 aromatic heterocycles. The van der Waals surface area contributed by atoms with Gasteiger partial charge in [0.15, 0.2) is 5.69 Å². The summed E-state index contributed by atoms with van der Waals surface area (Å²) in [6.07, 6.45) is -3.46. The molecule has 0 aromatic carbocycles. The van der Waals surface area contributed by atoms with Gasteiger partial charge in [0.05, 0.1) is 10.4 Å². The minimum absolute atomic E-state index is 0.294. The maximum Gasteiger partial charge on any atom is 0.434 e. The van der Waals surface area contributed by atoms with E-state index in [9.17, 15) is 13.2 Å². The number of thiazole rings is 1. The van der Waals surface area contributed by atoms with Gasteiger partial charge >= 0.3 is 6.18 Å². The number of alkyl halides is 3. The van der Waals surface area contributed by atoms with Crippen LogP contribution < -0.4 is 0 Å². The first-order valence-electron chi connectivity index (χ1n) is 6.25. The van der Waals surface area contributed by atoms with Gasteiger partial charge < -0.3 is 0 Å². The van der Waals surface area contributed by atoms with Crippen LogP contribution in [0.5, 0.6) is 0 Å². The summed E-state index contributed by atoms with van der Waals surface area (Å²) in [5.41, 5.74) is 0.530. The van der Waals surface area contributed by atoms with E-state index in [0.29, 0.717) is 18.0 Å². The summed E-state index contributed by atoms with van der Waals surface area (Å²) < 4.78 is 38.5. The van der Waals surface area contributed by atoms with E-state index in [0.717, 1.165) is 29.2 Å². The molecule has 0 aliphatic carbocycles. The van der Waals surface area contributed by atoms with Crippen LogP contribution in [-0.2, 0) is 19.3 Å². The van der Waals surface area contributed by atoms with Gasteiger partial charge in [-0.25, -0.2) is 4.98 Å². The predicted molar refractivity (Wildman–Crippen MR) is 75.8 cm³/mol. The van der Waals surface area contributed by atoms with Gasteiger partial charge in [-0.1, -0.05) is 13.0 Å². The van der Waals surface area contributed by atoms with Crippen molar-refractivity contribution >= 4 is 22.7 Å². The number of rotatable bonds is 6. The van der Waals surface area contributed by atoms with Crippen molar-refractivity contribution in [3.8, 4) is 0 Å². The summed E-state index contributed by atoms with van der Waals surface area (Å²) in [6, 6.07) is 3.96. The van der Waals surface area contributed by atoms with Crippen molar-refractivity contribution in [3.63, 3.8) is 0 Å². The van der Waals surface area contributed by atoms with Crippen molar-refractivity contribution in [2.75, 3.05) is 6.54 Å². The molecule has 0 fully saturated rings. The summed E-state index contributed by atoms with van der Waals surface area (Å²) in [5, 5.41) is 1.98. The van der Waals surface area contributed by atoms with E-state index < -0.39 is 11.9 Å². The van der Waals surface area contributed by atoms with Crippen molar-refractivity contribution in [2.45, 2.75) is 32.6 Å². The Bertz CT molecular complexity index is 520. The first-order valence-corrected chi connectivity index (χ1v) is 8.01. The molecule has 0 N–H and O–H groups in total. The van der Waals surface area contributed by atoms with Gasteiger partial charge in [-0.3, -0.25) is 4.90 Å². The molecule has 0 saturated carbocycles. The van der Waals surface area contributed by atoms with Crippen LogP contribution in [0.2, 0.25) is 0 Å². The SMILES string of the molecule is CCCN(Cc1cccs1)Cc1scnc1C(F)(F)F. The third kappa shape index (κ3) is 4.04. The smallest absolute Gasteiger partial charge is 0.293 e. The Hall–Kier alpha value is -0.920. The average molecular weight is 320 g/mol. The molecule has 0 unspecified atom stereocenters. The first-order chi connectivity index (χ1) is 9.50. The lowest BCUT2D eigenvalue weighted by Gasteiger charge is -2.21. The van der Waals surface area contributed by atoms with Crippen LogP contribution in [0.1, 0.15) is 28.8 Å². The summed E-state index contributed by atoms with van der Waals surface area (Å²) in [6.45, 7) is 3.78. The fourth-order valence-corrected chi connectivity index (χ4v) is 3.54. The van der Waals surface area contributed by atoms with Gasteiger partial charge in [-0.15, -0.1) is 22.7 Å². The minimum atomic E-state index is -4.36. The van der Waals surface area contributed by atoms with Gasteiger partial charge in [0.25, 0.3) is 0 Å². The zero-order valence-corrected chi connectivity index (χ0v) is 12.6. The van der Waals surface area contributed by atoms with Crippen LogP contribution in [0.25, 0.3) is 0 Å². The lowest BCUT2D eigenvalue weighted by molar-refractivity contribution is -0.141. The van der Waals surface area contributed by atoms with Crippen molar-refractivity contribution < 1.29 is 13.2 Å². The molecule has 2 nitrogen and oxygen atoms in total. The fraction of sp³-hybridized carbons (Fsp3) is 0.462. The van der Waals surface area contributed by atoms with Crippen LogP contribution in [0.3, 0.4) is 0 Å². The van der Waals surface area contributed by atoms with Crippen LogP contribution in [0, 0.1) is 0 Å². The third-order valence-corrected chi connectivity index (χ3v) is 4.45. The molecule has 2 heterocycles. The Morgan fingerprint density at radius 1 is 1.25 bits per heavy atom. The van der Waals surface area contributed by atoms with Crippen molar-refractivity contribution in [3.05, 3.63) is 38.5 Å². The molecule has 0 saturated heterocycles. The van der Waals surface area contributed by atoms with E-state index in [-0.39, 0.29) is 0 Å². The molecule has 2 rings (SSSR count). The van der Waals surface area contributed by atoms with Crippen LogP contribution in [-0.4, -0.2) is 16.4 Å². The first kappa shape index (κ1) is 15.5. The average Bonchev–Trinajstić information content (AvgIpc) is 2.99. The van der Waals surface area contributed by atoms with Crippen LogP contribution in [0.15, 0.2) is 23.0 Å². The van der Waals surface area contributed by atoms with Gasteiger partial charge in [-0.05, 0) is 24.4 Å². The summed E-state index contributed by atoms with van der Waals surface area (Å²) in [5.74, 6) is 0. The highest BCUT2D eigenvalue weighted by Gasteiger charge is 2.36. The number of thiophene rings is 1. The molecule has 7 heteroatoms. The van der Waals surface area contributed by atoms with Crippen LogP contribution >= 0.6 is 22.7 Å². The minimum Gasteiger partial charge on any atom is -0.293 e. The number of aromatic nitrogens is 1. The van der Waals surface area contributed by atoms with Gasteiger partial charge in [-0.2, -0.15) is 13.2 Å². The number of hydrogen-bond acceptors (Lipinski definition) is 4. The molecule has 0 aliphatic rings. The van der Waals surface area contributed by atoms with Crippen LogP contribution in [0.4, 0.5) is 13.2 Å². The summed E-state index contributed by atoms with van der Waals surface area (Å²) in [7, 11) is 0. The quantitative estimate of drug-likeness (QED) is 0.771. The standard InChI is InChI=1S/C13H15F3N2S2/c1-2-5-18(7-10-4-3-6-19-10)8-11-12(13(14,15)16)17-9-20-11/h3-4,6,9H,2,5,7-8H2,1H3. The highest BCUT2D eigenvalue weighted by Crippen LogP contribution is 2.33. The number of hydrogen-bond donors (Lipinski definition) is 0.